The predicted octanol–water partition coefficient (Wildman–Crippen LogP) is 2.57. The maximum atomic E-state index is 12.5. The number of carbonyl (C=O) groups is 1. The van der Waals surface area contributed by atoms with Gasteiger partial charge in [0.2, 0.25) is 0 Å². The minimum atomic E-state index is -4.22. The molecule has 4 nitrogen and oxygen atoms in total. The lowest BCUT2D eigenvalue weighted by molar-refractivity contribution is -0.168. The molecule has 0 spiro atoms. The number of rotatable bonds is 6. The Morgan fingerprint density at radius 2 is 2.17 bits per heavy atom. The Morgan fingerprint density at radius 3 is 2.61 bits per heavy atom. The fourth-order valence-electron chi connectivity index (χ4n) is 1.05. The Bertz CT molecular complexity index is 435. The molecular weight excluding hydrogens is 278 g/mol. The van der Waals surface area contributed by atoms with E-state index in [9.17, 15) is 22.4 Å². The average molecular weight is 287 g/mol. The third kappa shape index (κ3) is 3.64. The summed E-state index contributed by atoms with van der Waals surface area (Å²) >= 11 is 0.759. The van der Waals surface area contributed by atoms with Crippen LogP contribution in [0, 0.1) is 6.92 Å². The fourth-order valence-corrected chi connectivity index (χ4v) is 1.89. The number of aryl methyl sites for hydroxylation is 1. The minimum absolute atomic E-state index is 0.0331. The van der Waals surface area contributed by atoms with Crippen molar-refractivity contribution in [3.05, 3.63) is 15.6 Å². The normalized spacial score (nSPS) is 12.1. The SMILES string of the molecule is Cc1nc(COCC(F)(F)C(F)F)sc1C(=O)O. The van der Waals surface area contributed by atoms with Crippen LogP contribution in [-0.4, -0.2) is 35.0 Å². The second-order valence-electron chi connectivity index (χ2n) is 3.38. The first kappa shape index (κ1) is 14.8. The number of thiazole rings is 1. The predicted molar refractivity (Wildman–Crippen MR) is 54.4 cm³/mol. The largest absolute Gasteiger partial charge is 0.477 e. The summed E-state index contributed by atoms with van der Waals surface area (Å²) < 4.78 is 53.0. The summed E-state index contributed by atoms with van der Waals surface area (Å²) in [6.07, 6.45) is -3.80. The van der Waals surface area contributed by atoms with Gasteiger partial charge in [-0.2, -0.15) is 8.78 Å². The summed E-state index contributed by atoms with van der Waals surface area (Å²) in [5, 5.41) is 8.86. The lowest BCUT2D eigenvalue weighted by atomic mass is 10.4. The van der Waals surface area contributed by atoms with E-state index in [2.05, 4.69) is 9.72 Å². The van der Waals surface area contributed by atoms with Crippen molar-refractivity contribution in [2.45, 2.75) is 25.9 Å². The molecule has 1 N–H and O–H groups in total. The van der Waals surface area contributed by atoms with Crippen molar-refractivity contribution in [2.75, 3.05) is 6.61 Å². The van der Waals surface area contributed by atoms with E-state index in [1.165, 1.54) is 6.92 Å². The van der Waals surface area contributed by atoms with Gasteiger partial charge < -0.3 is 9.84 Å². The molecule has 1 aromatic rings. The van der Waals surface area contributed by atoms with Crippen molar-refractivity contribution < 1.29 is 32.2 Å². The molecule has 1 aromatic heterocycles. The number of halogens is 4. The molecule has 102 valence electrons. The molecular formula is C9H9F4NO3S. The second kappa shape index (κ2) is 5.61. The van der Waals surface area contributed by atoms with Crippen LogP contribution in [0.5, 0.6) is 0 Å². The Balaban J connectivity index is 2.55. The molecule has 0 bridgehead atoms. The van der Waals surface area contributed by atoms with Crippen molar-refractivity contribution >= 4 is 17.3 Å². The molecule has 0 aliphatic rings. The quantitative estimate of drug-likeness (QED) is 0.817. The summed E-state index contributed by atoms with van der Waals surface area (Å²) in [7, 11) is 0. The highest BCUT2D eigenvalue weighted by molar-refractivity contribution is 7.13. The highest BCUT2D eigenvalue weighted by Gasteiger charge is 2.41. The monoisotopic (exact) mass is 287 g/mol. The smallest absolute Gasteiger partial charge is 0.347 e. The van der Waals surface area contributed by atoms with Gasteiger partial charge in [-0.15, -0.1) is 11.3 Å². The Kier molecular flexibility index (Phi) is 4.63. The van der Waals surface area contributed by atoms with E-state index in [0.29, 0.717) is 0 Å². The molecule has 18 heavy (non-hydrogen) atoms. The minimum Gasteiger partial charge on any atom is -0.477 e. The zero-order chi connectivity index (χ0) is 13.9. The van der Waals surface area contributed by atoms with Gasteiger partial charge in [-0.1, -0.05) is 0 Å². The van der Waals surface area contributed by atoms with Gasteiger partial charge in [-0.3, -0.25) is 0 Å². The second-order valence-corrected chi connectivity index (χ2v) is 4.47. The van der Waals surface area contributed by atoms with E-state index in [-0.39, 0.29) is 15.6 Å². The summed E-state index contributed by atoms with van der Waals surface area (Å²) in [4.78, 5) is 14.4. The number of alkyl halides is 4. The van der Waals surface area contributed by atoms with Gasteiger partial charge in [0.25, 0.3) is 0 Å². The third-order valence-electron chi connectivity index (χ3n) is 1.87. The molecule has 0 saturated carbocycles. The summed E-state index contributed by atoms with van der Waals surface area (Å²) in [5.74, 6) is -5.41. The first-order valence-electron chi connectivity index (χ1n) is 4.67. The number of aromatic carboxylic acids is 1. The first-order chi connectivity index (χ1) is 8.24. The van der Waals surface area contributed by atoms with Crippen LogP contribution >= 0.6 is 11.3 Å². The summed E-state index contributed by atoms with van der Waals surface area (Å²) in [6, 6.07) is 0. The van der Waals surface area contributed by atoms with E-state index in [4.69, 9.17) is 5.11 Å². The highest BCUT2D eigenvalue weighted by Crippen LogP contribution is 2.24. The van der Waals surface area contributed by atoms with Crippen LogP contribution in [0.4, 0.5) is 17.6 Å². The van der Waals surface area contributed by atoms with E-state index in [0.717, 1.165) is 11.3 Å². The number of carboxylic acid groups (broad SMARTS) is 1. The Labute approximate surface area is 103 Å². The third-order valence-corrected chi connectivity index (χ3v) is 2.99. The molecule has 0 amide bonds. The first-order valence-corrected chi connectivity index (χ1v) is 5.49. The van der Waals surface area contributed by atoms with Crippen LogP contribution in [0.3, 0.4) is 0 Å². The average Bonchev–Trinajstić information content (AvgIpc) is 2.59. The van der Waals surface area contributed by atoms with E-state index < -0.39 is 31.5 Å². The number of hydrogen-bond donors (Lipinski definition) is 1. The lowest BCUT2D eigenvalue weighted by Crippen LogP contribution is -2.32. The van der Waals surface area contributed by atoms with Gasteiger partial charge in [0.05, 0.1) is 12.3 Å². The van der Waals surface area contributed by atoms with Crippen molar-refractivity contribution in [1.82, 2.24) is 4.98 Å². The molecule has 1 rings (SSSR count). The highest BCUT2D eigenvalue weighted by atomic mass is 32.1. The molecule has 0 aliphatic heterocycles. The Hall–Kier alpha value is -1.22. The number of ether oxygens (including phenoxy) is 1. The molecule has 0 radical (unpaired) electrons. The van der Waals surface area contributed by atoms with Crippen molar-refractivity contribution in [3.8, 4) is 0 Å². The van der Waals surface area contributed by atoms with Gasteiger partial charge >= 0.3 is 18.3 Å². The van der Waals surface area contributed by atoms with E-state index in [1.807, 2.05) is 0 Å². The van der Waals surface area contributed by atoms with E-state index in [1.54, 1.807) is 0 Å². The zero-order valence-electron chi connectivity index (χ0n) is 9.12. The topological polar surface area (TPSA) is 59.4 Å². The zero-order valence-corrected chi connectivity index (χ0v) is 9.94. The number of hydrogen-bond acceptors (Lipinski definition) is 4. The van der Waals surface area contributed by atoms with Crippen LogP contribution in [0.15, 0.2) is 0 Å². The molecule has 9 heteroatoms. The van der Waals surface area contributed by atoms with Crippen LogP contribution in [0.2, 0.25) is 0 Å². The standard InChI is InChI=1S/C9H9F4NO3S/c1-4-6(7(15)16)18-5(14-4)2-17-3-9(12,13)8(10)11/h8H,2-3H2,1H3,(H,15,16). The van der Waals surface area contributed by atoms with Gasteiger partial charge in [0.15, 0.2) is 0 Å². The van der Waals surface area contributed by atoms with Gasteiger partial charge in [0.1, 0.15) is 16.5 Å². The maximum Gasteiger partial charge on any atom is 0.347 e. The number of aromatic nitrogens is 1. The molecule has 0 saturated heterocycles. The molecule has 0 fully saturated rings. The van der Waals surface area contributed by atoms with Crippen molar-refractivity contribution in [1.29, 1.82) is 0 Å². The van der Waals surface area contributed by atoms with Gasteiger partial charge in [-0.25, -0.2) is 18.6 Å². The molecule has 0 atom stereocenters. The molecule has 1 heterocycles. The summed E-state index contributed by atoms with van der Waals surface area (Å²) in [5.41, 5.74) is 0.228. The van der Waals surface area contributed by atoms with Crippen LogP contribution in [0.25, 0.3) is 0 Å². The Morgan fingerprint density at radius 1 is 1.56 bits per heavy atom. The van der Waals surface area contributed by atoms with Crippen molar-refractivity contribution in [3.63, 3.8) is 0 Å². The lowest BCUT2D eigenvalue weighted by Gasteiger charge is -2.14. The number of nitrogens with zero attached hydrogens (tertiary/aromatic N) is 1. The van der Waals surface area contributed by atoms with Crippen LogP contribution < -0.4 is 0 Å². The molecule has 0 unspecified atom stereocenters. The van der Waals surface area contributed by atoms with Gasteiger partial charge in [-0.05, 0) is 6.92 Å². The van der Waals surface area contributed by atoms with E-state index >= 15 is 0 Å². The van der Waals surface area contributed by atoms with Crippen molar-refractivity contribution in [2.24, 2.45) is 0 Å². The van der Waals surface area contributed by atoms with Crippen LogP contribution in [-0.2, 0) is 11.3 Å². The molecule has 0 aromatic carbocycles. The number of carboxylic acids is 1. The van der Waals surface area contributed by atoms with Crippen LogP contribution in [0.1, 0.15) is 20.4 Å². The fraction of sp³-hybridized carbons (Fsp3) is 0.556. The summed E-state index contributed by atoms with van der Waals surface area (Å²) in [6.45, 7) is -0.427. The van der Waals surface area contributed by atoms with Gasteiger partial charge in [0, 0.05) is 0 Å². The molecule has 0 aliphatic carbocycles. The maximum absolute atomic E-state index is 12.5.